The first kappa shape index (κ1) is 22.6. The molecule has 0 bridgehead atoms. The van der Waals surface area contributed by atoms with Crippen LogP contribution in [0.2, 0.25) is 0 Å². The fraction of sp³-hybridized carbons (Fsp3) is 0.417. The number of aryl methyl sites for hydroxylation is 3. The van der Waals surface area contributed by atoms with Gasteiger partial charge in [0.25, 0.3) is 11.8 Å². The zero-order chi connectivity index (χ0) is 21.7. The van der Waals surface area contributed by atoms with Crippen LogP contribution >= 0.6 is 0 Å². The Morgan fingerprint density at radius 1 is 0.862 bits per heavy atom. The Morgan fingerprint density at radius 2 is 1.38 bits per heavy atom. The number of benzene rings is 2. The average molecular weight is 397 g/mol. The third kappa shape index (κ3) is 5.67. The van der Waals surface area contributed by atoms with E-state index in [1.807, 2.05) is 71.1 Å². The Balaban J connectivity index is 2.04. The number of anilines is 2. The molecule has 2 aromatic carbocycles. The van der Waals surface area contributed by atoms with Crippen LogP contribution in [0.3, 0.4) is 0 Å². The summed E-state index contributed by atoms with van der Waals surface area (Å²) in [7, 11) is 1.87. The highest BCUT2D eigenvalue weighted by Gasteiger charge is 2.25. The highest BCUT2D eigenvalue weighted by Crippen LogP contribution is 2.27. The smallest absolute Gasteiger partial charge is 0.282 e. The van der Waals surface area contributed by atoms with Gasteiger partial charge in [-0.15, -0.1) is 0 Å². The minimum Gasteiger partial charge on any atom is -0.321 e. The predicted molar refractivity (Wildman–Crippen MR) is 120 cm³/mol. The van der Waals surface area contributed by atoms with Gasteiger partial charge < -0.3 is 15.5 Å². The van der Waals surface area contributed by atoms with Crippen molar-refractivity contribution in [2.24, 2.45) is 0 Å². The summed E-state index contributed by atoms with van der Waals surface area (Å²) in [6.07, 6.45) is 0. The van der Waals surface area contributed by atoms with Crippen molar-refractivity contribution >= 4 is 23.2 Å². The second-order valence-corrected chi connectivity index (χ2v) is 8.24. The van der Waals surface area contributed by atoms with E-state index >= 15 is 0 Å². The molecule has 29 heavy (non-hydrogen) atoms. The van der Waals surface area contributed by atoms with Gasteiger partial charge in [0.1, 0.15) is 0 Å². The molecule has 0 aliphatic carbocycles. The molecule has 0 spiro atoms. The van der Waals surface area contributed by atoms with Gasteiger partial charge in [-0.05, 0) is 55.9 Å². The maximum absolute atomic E-state index is 12.9. The monoisotopic (exact) mass is 396 g/mol. The first-order valence-corrected chi connectivity index (χ1v) is 10.2. The lowest BCUT2D eigenvalue weighted by atomic mass is 9.98. The summed E-state index contributed by atoms with van der Waals surface area (Å²) in [6.45, 7) is 12.2. The minimum absolute atomic E-state index is 0.0847. The van der Waals surface area contributed by atoms with Crippen molar-refractivity contribution in [2.75, 3.05) is 24.2 Å². The van der Waals surface area contributed by atoms with Gasteiger partial charge in [0, 0.05) is 11.4 Å². The first-order valence-electron chi connectivity index (χ1n) is 10.2. The van der Waals surface area contributed by atoms with Gasteiger partial charge in [-0.2, -0.15) is 0 Å². The molecule has 3 N–H and O–H groups in total. The molecule has 5 heteroatoms. The van der Waals surface area contributed by atoms with Crippen LogP contribution in [0.4, 0.5) is 11.4 Å². The van der Waals surface area contributed by atoms with Crippen LogP contribution in [-0.2, 0) is 9.59 Å². The molecule has 2 atom stereocenters. The van der Waals surface area contributed by atoms with Crippen molar-refractivity contribution in [3.8, 4) is 0 Å². The van der Waals surface area contributed by atoms with Gasteiger partial charge in [0.2, 0.25) is 0 Å². The van der Waals surface area contributed by atoms with E-state index in [0.29, 0.717) is 5.92 Å². The van der Waals surface area contributed by atoms with Gasteiger partial charge in [-0.1, -0.05) is 50.2 Å². The Labute approximate surface area is 174 Å². The molecule has 5 nitrogen and oxygen atoms in total. The summed E-state index contributed by atoms with van der Waals surface area (Å²) in [4.78, 5) is 26.3. The SMILES string of the molecule is Cc1cccc(C)c1NC(=O)C[NH+](C)[C@H](C)C(=O)Nc1c(C)cccc1C(C)C. The largest absolute Gasteiger partial charge is 0.321 e. The lowest BCUT2D eigenvalue weighted by Gasteiger charge is -2.23. The van der Waals surface area contributed by atoms with Crippen LogP contribution in [0.25, 0.3) is 0 Å². The van der Waals surface area contributed by atoms with Crippen molar-refractivity contribution in [3.05, 3.63) is 58.7 Å². The first-order chi connectivity index (χ1) is 13.6. The summed E-state index contributed by atoms with van der Waals surface area (Å²) in [5, 5.41) is 6.09. The zero-order valence-electron chi connectivity index (χ0n) is 18.6. The van der Waals surface area contributed by atoms with Crippen molar-refractivity contribution < 1.29 is 14.5 Å². The van der Waals surface area contributed by atoms with E-state index in [1.165, 1.54) is 0 Å². The fourth-order valence-electron chi connectivity index (χ4n) is 3.40. The van der Waals surface area contributed by atoms with Crippen molar-refractivity contribution in [1.82, 2.24) is 0 Å². The molecule has 0 saturated carbocycles. The van der Waals surface area contributed by atoms with E-state index in [9.17, 15) is 9.59 Å². The van der Waals surface area contributed by atoms with E-state index in [0.717, 1.165) is 38.5 Å². The summed E-state index contributed by atoms with van der Waals surface area (Å²) in [5.41, 5.74) is 5.96. The summed E-state index contributed by atoms with van der Waals surface area (Å²) >= 11 is 0. The summed E-state index contributed by atoms with van der Waals surface area (Å²) < 4.78 is 0. The van der Waals surface area contributed by atoms with Gasteiger partial charge in [-0.3, -0.25) is 9.59 Å². The molecule has 0 aliphatic heterocycles. The maximum Gasteiger partial charge on any atom is 0.282 e. The number of hydrogen-bond donors (Lipinski definition) is 3. The van der Waals surface area contributed by atoms with Crippen LogP contribution in [-0.4, -0.2) is 31.4 Å². The third-order valence-corrected chi connectivity index (χ3v) is 5.49. The van der Waals surface area contributed by atoms with Crippen LogP contribution in [0.1, 0.15) is 48.9 Å². The molecule has 0 aromatic heterocycles. The Kier molecular flexibility index (Phi) is 7.57. The molecular weight excluding hydrogens is 362 g/mol. The van der Waals surface area contributed by atoms with Crippen LogP contribution < -0.4 is 15.5 Å². The topological polar surface area (TPSA) is 62.6 Å². The normalized spacial score (nSPS) is 13.1. The second-order valence-electron chi connectivity index (χ2n) is 8.24. The van der Waals surface area contributed by atoms with E-state index in [1.54, 1.807) is 0 Å². The second kappa shape index (κ2) is 9.70. The van der Waals surface area contributed by atoms with Crippen molar-refractivity contribution in [1.29, 1.82) is 0 Å². The Hall–Kier alpha value is -2.66. The quantitative estimate of drug-likeness (QED) is 0.673. The molecule has 2 aromatic rings. The molecule has 2 rings (SSSR count). The lowest BCUT2D eigenvalue weighted by Crippen LogP contribution is -3.14. The van der Waals surface area contributed by atoms with E-state index < -0.39 is 0 Å². The summed E-state index contributed by atoms with van der Waals surface area (Å²) in [6, 6.07) is 11.6. The molecule has 0 aliphatic rings. The summed E-state index contributed by atoms with van der Waals surface area (Å²) in [5.74, 6) is 0.130. The highest BCUT2D eigenvalue weighted by atomic mass is 16.2. The number of rotatable bonds is 7. The van der Waals surface area contributed by atoms with Crippen LogP contribution in [0.15, 0.2) is 36.4 Å². The molecule has 156 valence electrons. The van der Waals surface area contributed by atoms with Gasteiger partial charge in [-0.25, -0.2) is 0 Å². The zero-order valence-corrected chi connectivity index (χ0v) is 18.6. The molecule has 0 radical (unpaired) electrons. The molecule has 0 saturated heterocycles. The molecule has 0 fully saturated rings. The Bertz CT molecular complexity index is 869. The number of carbonyl (C=O) groups is 2. The van der Waals surface area contributed by atoms with Crippen LogP contribution in [0, 0.1) is 20.8 Å². The molecule has 1 unspecified atom stereocenters. The number of carbonyl (C=O) groups excluding carboxylic acids is 2. The van der Waals surface area contributed by atoms with E-state index in [-0.39, 0.29) is 24.4 Å². The maximum atomic E-state index is 12.9. The van der Waals surface area contributed by atoms with Gasteiger partial charge in [0.05, 0.1) is 7.05 Å². The highest BCUT2D eigenvalue weighted by molar-refractivity contribution is 5.96. The average Bonchev–Trinajstić information content (AvgIpc) is 2.65. The van der Waals surface area contributed by atoms with Crippen molar-refractivity contribution in [2.45, 2.75) is 53.5 Å². The Morgan fingerprint density at radius 3 is 1.93 bits per heavy atom. The molecule has 0 heterocycles. The third-order valence-electron chi connectivity index (χ3n) is 5.49. The number of nitrogens with one attached hydrogen (secondary N) is 3. The minimum atomic E-state index is -0.363. The van der Waals surface area contributed by atoms with Crippen LogP contribution in [0.5, 0.6) is 0 Å². The number of quaternary nitrogens is 1. The predicted octanol–water partition coefficient (Wildman–Crippen LogP) is 3.22. The van der Waals surface area contributed by atoms with Gasteiger partial charge in [0.15, 0.2) is 12.6 Å². The lowest BCUT2D eigenvalue weighted by molar-refractivity contribution is -0.885. The number of likely N-dealkylation sites (N-methyl/N-ethyl adjacent to an activating group) is 1. The number of hydrogen-bond acceptors (Lipinski definition) is 2. The molecular formula is C24H34N3O2+. The van der Waals surface area contributed by atoms with Gasteiger partial charge >= 0.3 is 0 Å². The van der Waals surface area contributed by atoms with Crippen molar-refractivity contribution in [3.63, 3.8) is 0 Å². The van der Waals surface area contributed by atoms with E-state index in [2.05, 4.69) is 24.5 Å². The van der Waals surface area contributed by atoms with E-state index in [4.69, 9.17) is 0 Å². The molecule has 2 amide bonds. The standard InChI is InChI=1S/C24H33N3O2/c1-15(2)20-13-9-12-18(5)23(20)26-24(29)19(6)27(7)14-21(28)25-22-16(3)10-8-11-17(22)4/h8-13,15,19H,14H2,1-7H3,(H,25,28)(H,26,29)/p+1/t19-/m1/s1. The fourth-order valence-corrected chi connectivity index (χ4v) is 3.40. The number of amides is 2. The number of para-hydroxylation sites is 2.